The molecule has 0 unspecified atom stereocenters. The summed E-state index contributed by atoms with van der Waals surface area (Å²) >= 11 is 0. The summed E-state index contributed by atoms with van der Waals surface area (Å²) in [6, 6.07) is 17.8. The zero-order valence-corrected chi connectivity index (χ0v) is 28.3. The van der Waals surface area contributed by atoms with Gasteiger partial charge in [0.2, 0.25) is 0 Å². The Kier molecular flexibility index (Phi) is 18.5. The topological polar surface area (TPSA) is 111 Å². The van der Waals surface area contributed by atoms with Crippen molar-refractivity contribution in [3.05, 3.63) is 71.8 Å². The van der Waals surface area contributed by atoms with E-state index in [1.165, 1.54) is 6.42 Å². The number of nitrogens with one attached hydrogen (secondary N) is 1. The molecule has 0 aliphatic heterocycles. The third kappa shape index (κ3) is 17.8. The number of benzene rings is 2. The molecule has 0 saturated heterocycles. The van der Waals surface area contributed by atoms with E-state index >= 15 is 0 Å². The van der Waals surface area contributed by atoms with Crippen LogP contribution in [0.4, 0.5) is 4.79 Å². The van der Waals surface area contributed by atoms with Crippen molar-refractivity contribution in [3.8, 4) is 0 Å². The largest absolute Gasteiger partial charge is 0.444 e. The van der Waals surface area contributed by atoms with Crippen LogP contribution in [0.25, 0.3) is 0 Å². The molecular formula is C37H54N2O7. The molecule has 0 radical (unpaired) electrons. The quantitative estimate of drug-likeness (QED) is 0.0991. The highest BCUT2D eigenvalue weighted by Crippen LogP contribution is 2.13. The number of ether oxygens (including phenoxy) is 2. The lowest BCUT2D eigenvalue weighted by Gasteiger charge is -2.28. The van der Waals surface area contributed by atoms with Gasteiger partial charge in [-0.2, -0.15) is 0 Å². The summed E-state index contributed by atoms with van der Waals surface area (Å²) < 4.78 is 11.2. The van der Waals surface area contributed by atoms with Crippen molar-refractivity contribution in [1.82, 2.24) is 10.4 Å². The zero-order chi connectivity index (χ0) is 33.6. The van der Waals surface area contributed by atoms with Crippen molar-refractivity contribution in [3.63, 3.8) is 0 Å². The molecule has 46 heavy (non-hydrogen) atoms. The molecule has 2 amide bonds. The molecule has 0 aliphatic carbocycles. The number of rotatable bonds is 23. The molecule has 0 fully saturated rings. The van der Waals surface area contributed by atoms with Crippen LogP contribution in [0.1, 0.15) is 109 Å². The first-order chi connectivity index (χ1) is 22.1. The van der Waals surface area contributed by atoms with Crippen molar-refractivity contribution >= 4 is 23.6 Å². The number of nitrogens with zero attached hydrogens (tertiary/aromatic N) is 1. The predicted molar refractivity (Wildman–Crippen MR) is 179 cm³/mol. The van der Waals surface area contributed by atoms with E-state index in [0.717, 1.165) is 48.3 Å². The van der Waals surface area contributed by atoms with Crippen LogP contribution in [0.5, 0.6) is 0 Å². The molecule has 0 heterocycles. The van der Waals surface area contributed by atoms with Gasteiger partial charge in [0.15, 0.2) is 0 Å². The normalized spacial score (nSPS) is 11.9. The van der Waals surface area contributed by atoms with Gasteiger partial charge in [0, 0.05) is 25.7 Å². The molecule has 0 aliphatic rings. The molecule has 254 valence electrons. The molecule has 9 heteroatoms. The van der Waals surface area contributed by atoms with E-state index in [4.69, 9.17) is 14.3 Å². The lowest BCUT2D eigenvalue weighted by atomic mass is 10.0. The number of hydroxylamine groups is 2. The molecule has 2 rings (SSSR count). The van der Waals surface area contributed by atoms with E-state index < -0.39 is 23.6 Å². The minimum Gasteiger partial charge on any atom is -0.444 e. The van der Waals surface area contributed by atoms with Crippen LogP contribution < -0.4 is 5.32 Å². The fourth-order valence-corrected chi connectivity index (χ4v) is 4.68. The van der Waals surface area contributed by atoms with Crippen LogP contribution in [0, 0.1) is 0 Å². The molecular weight excluding hydrogens is 584 g/mol. The van der Waals surface area contributed by atoms with Gasteiger partial charge in [0.05, 0.1) is 19.8 Å². The summed E-state index contributed by atoms with van der Waals surface area (Å²) in [4.78, 5) is 57.3. The van der Waals surface area contributed by atoms with E-state index in [2.05, 4.69) is 12.2 Å². The molecule has 1 atom stereocenters. The fraction of sp³-hybridized carbons (Fsp3) is 0.568. The number of hydrogen-bond donors (Lipinski definition) is 1. The molecule has 1 N–H and O–H groups in total. The third-order valence-electron chi connectivity index (χ3n) is 7.17. The molecule has 0 aromatic heterocycles. The average molecular weight is 639 g/mol. The van der Waals surface area contributed by atoms with Gasteiger partial charge in [-0.1, -0.05) is 93.3 Å². The summed E-state index contributed by atoms with van der Waals surface area (Å²) in [7, 11) is 0. The first-order valence-corrected chi connectivity index (χ1v) is 16.7. The third-order valence-corrected chi connectivity index (χ3v) is 7.17. The van der Waals surface area contributed by atoms with Gasteiger partial charge >= 0.3 is 6.09 Å². The van der Waals surface area contributed by atoms with Crippen molar-refractivity contribution in [1.29, 1.82) is 0 Å². The summed E-state index contributed by atoms with van der Waals surface area (Å²) in [5.74, 6) is -0.237. The molecule has 0 spiro atoms. The van der Waals surface area contributed by atoms with Gasteiger partial charge < -0.3 is 14.8 Å². The van der Waals surface area contributed by atoms with Crippen molar-refractivity contribution in [2.75, 3.05) is 13.2 Å². The molecule has 2 aromatic carbocycles. The predicted octanol–water partition coefficient (Wildman–Crippen LogP) is 7.51. The Hall–Kier alpha value is -3.56. The standard InChI is InChI=1S/C37H54N2O7/c1-5-6-7-15-22-32(40)23-16-10-17-24-33(41)25-26-39(45-28-31-20-13-9-14-21-31)35(42)34(38-36(43)46-37(2,3)4)29-44-27-30-18-11-8-12-19-30/h8-9,11-14,18-21,34H,5-7,10,15-17,22-29H2,1-4H3,(H,38,43)/t34-/m0/s1. The SMILES string of the molecule is CCCCCCC(=O)CCCCCC(=O)CCN(OCc1ccccc1)C(=O)[C@H](COCc1ccccc1)NC(=O)OC(C)(C)C. The van der Waals surface area contributed by atoms with Crippen molar-refractivity contribution in [2.45, 2.75) is 123 Å². The second kappa shape index (κ2) is 22.0. The Morgan fingerprint density at radius 3 is 1.78 bits per heavy atom. The Morgan fingerprint density at radius 2 is 1.24 bits per heavy atom. The number of unbranched alkanes of at least 4 members (excludes halogenated alkanes) is 5. The highest BCUT2D eigenvalue weighted by Gasteiger charge is 2.30. The minimum absolute atomic E-state index is 0.00369. The minimum atomic E-state index is -1.11. The second-order valence-electron chi connectivity index (χ2n) is 12.6. The Labute approximate surface area is 275 Å². The number of ketones is 2. The number of carbonyl (C=O) groups excluding carboxylic acids is 4. The molecule has 0 saturated carbocycles. The molecule has 0 bridgehead atoms. The number of hydrogen-bond acceptors (Lipinski definition) is 7. The van der Waals surface area contributed by atoms with Crippen LogP contribution in [-0.2, 0) is 41.9 Å². The average Bonchev–Trinajstić information content (AvgIpc) is 3.02. The zero-order valence-electron chi connectivity index (χ0n) is 28.3. The molecule has 2 aromatic rings. The number of Topliss-reactive ketones (excluding diaryl/α,β-unsaturated/α-hetero) is 2. The fourth-order valence-electron chi connectivity index (χ4n) is 4.68. The molecule has 9 nitrogen and oxygen atoms in total. The van der Waals surface area contributed by atoms with Gasteiger partial charge in [0.25, 0.3) is 5.91 Å². The summed E-state index contributed by atoms with van der Waals surface area (Å²) in [6.45, 7) is 7.62. The lowest BCUT2D eigenvalue weighted by Crippen LogP contribution is -2.52. The van der Waals surface area contributed by atoms with Gasteiger partial charge in [-0.05, 0) is 51.2 Å². The summed E-state index contributed by atoms with van der Waals surface area (Å²) in [5, 5.41) is 3.78. The van der Waals surface area contributed by atoms with Crippen LogP contribution in [0.2, 0.25) is 0 Å². The van der Waals surface area contributed by atoms with Gasteiger partial charge in [-0.3, -0.25) is 19.2 Å². The van der Waals surface area contributed by atoms with Crippen molar-refractivity contribution in [2.24, 2.45) is 0 Å². The van der Waals surface area contributed by atoms with Gasteiger partial charge in [0.1, 0.15) is 29.8 Å². The number of amides is 2. The summed E-state index contributed by atoms with van der Waals surface area (Å²) in [6.07, 6.45) is 7.58. The maximum Gasteiger partial charge on any atom is 0.408 e. The highest BCUT2D eigenvalue weighted by atomic mass is 16.7. The Balaban J connectivity index is 1.98. The van der Waals surface area contributed by atoms with E-state index in [9.17, 15) is 19.2 Å². The highest BCUT2D eigenvalue weighted by molar-refractivity contribution is 5.86. The van der Waals surface area contributed by atoms with Gasteiger partial charge in [-0.25, -0.2) is 9.86 Å². The second-order valence-corrected chi connectivity index (χ2v) is 12.6. The van der Waals surface area contributed by atoms with Crippen LogP contribution in [0.3, 0.4) is 0 Å². The number of alkyl carbamates (subject to hydrolysis) is 1. The number of carbonyl (C=O) groups is 4. The Bertz CT molecular complexity index is 1170. The van der Waals surface area contributed by atoms with Crippen molar-refractivity contribution < 1.29 is 33.5 Å². The maximum atomic E-state index is 13.8. The van der Waals surface area contributed by atoms with Gasteiger partial charge in [-0.15, -0.1) is 0 Å². The summed E-state index contributed by atoms with van der Waals surface area (Å²) in [5.41, 5.74) is 1.01. The first-order valence-electron chi connectivity index (χ1n) is 16.7. The van der Waals surface area contributed by atoms with E-state index in [1.807, 2.05) is 60.7 Å². The van der Waals surface area contributed by atoms with Crippen LogP contribution in [-0.4, -0.2) is 53.4 Å². The van der Waals surface area contributed by atoms with E-state index in [1.54, 1.807) is 20.8 Å². The Morgan fingerprint density at radius 1 is 0.717 bits per heavy atom. The van der Waals surface area contributed by atoms with Crippen LogP contribution >= 0.6 is 0 Å². The lowest BCUT2D eigenvalue weighted by molar-refractivity contribution is -0.195. The maximum absolute atomic E-state index is 13.8. The monoisotopic (exact) mass is 638 g/mol. The van der Waals surface area contributed by atoms with E-state index in [0.29, 0.717) is 31.5 Å². The smallest absolute Gasteiger partial charge is 0.408 e. The van der Waals surface area contributed by atoms with Crippen LogP contribution in [0.15, 0.2) is 60.7 Å². The first kappa shape index (κ1) is 38.6. The van der Waals surface area contributed by atoms with E-state index in [-0.39, 0.29) is 38.6 Å².